The van der Waals surface area contributed by atoms with E-state index in [1.165, 1.54) is 12.4 Å². The molecule has 3 aromatic heterocycles. The van der Waals surface area contributed by atoms with E-state index in [4.69, 9.17) is 6.42 Å². The summed E-state index contributed by atoms with van der Waals surface area (Å²) in [7, 11) is 1.82. The molecule has 0 radical (unpaired) electrons. The fraction of sp³-hybridized carbons (Fsp3) is 0.292. The van der Waals surface area contributed by atoms with Gasteiger partial charge in [0, 0.05) is 44.0 Å². The third-order valence-corrected chi connectivity index (χ3v) is 6.24. The summed E-state index contributed by atoms with van der Waals surface area (Å²) in [5.41, 5.74) is 0.711. The normalized spacial score (nSPS) is 15.1. The number of halogens is 4. The van der Waals surface area contributed by atoms with Crippen molar-refractivity contribution in [2.75, 3.05) is 18.0 Å². The lowest BCUT2D eigenvalue weighted by molar-refractivity contribution is -0.139. The number of imidazole rings is 1. The number of terminal acetylenes is 1. The minimum Gasteiger partial charge on any atom is -0.356 e. The van der Waals surface area contributed by atoms with Crippen molar-refractivity contribution >= 4 is 16.9 Å². The number of aromatic nitrogens is 5. The van der Waals surface area contributed by atoms with Crippen molar-refractivity contribution in [1.29, 1.82) is 0 Å². The van der Waals surface area contributed by atoms with Gasteiger partial charge in [0.15, 0.2) is 0 Å². The molecule has 0 aliphatic carbocycles. The van der Waals surface area contributed by atoms with Gasteiger partial charge in [-0.15, -0.1) is 6.42 Å². The average Bonchev–Trinajstić information content (AvgIpc) is 3.42. The van der Waals surface area contributed by atoms with Crippen molar-refractivity contribution in [3.05, 3.63) is 59.7 Å². The summed E-state index contributed by atoms with van der Waals surface area (Å²) in [6.45, 7) is 1.42. The molecule has 0 unspecified atom stereocenters. The minimum absolute atomic E-state index is 0.119. The summed E-state index contributed by atoms with van der Waals surface area (Å²) in [5.74, 6) is 3.05. The summed E-state index contributed by atoms with van der Waals surface area (Å²) in [6, 6.07) is 2.96. The predicted molar refractivity (Wildman–Crippen MR) is 120 cm³/mol. The first kappa shape index (κ1) is 21.9. The SMILES string of the molecule is C#Cc1c[nH]c2ncnc(N3CCC(c4nc(-c5ccc(F)c(C(F)(F)F)c5)cn4C)CC3)c12. The van der Waals surface area contributed by atoms with Gasteiger partial charge in [-0.2, -0.15) is 13.2 Å². The maximum absolute atomic E-state index is 13.7. The molecule has 1 aliphatic heterocycles. The topological polar surface area (TPSA) is 62.6 Å². The van der Waals surface area contributed by atoms with Gasteiger partial charge in [0.1, 0.15) is 29.4 Å². The van der Waals surface area contributed by atoms with Crippen molar-refractivity contribution in [3.8, 4) is 23.6 Å². The van der Waals surface area contributed by atoms with Gasteiger partial charge in [0.05, 0.1) is 22.2 Å². The van der Waals surface area contributed by atoms with Crippen LogP contribution < -0.4 is 4.90 Å². The number of anilines is 1. The van der Waals surface area contributed by atoms with Gasteiger partial charge < -0.3 is 14.5 Å². The molecule has 1 N–H and O–H groups in total. The molecule has 0 atom stereocenters. The monoisotopic (exact) mass is 468 g/mol. The maximum atomic E-state index is 13.7. The fourth-order valence-corrected chi connectivity index (χ4v) is 4.55. The number of benzene rings is 1. The van der Waals surface area contributed by atoms with E-state index >= 15 is 0 Å². The van der Waals surface area contributed by atoms with Crippen LogP contribution in [0.2, 0.25) is 0 Å². The molecular formula is C24H20F4N6. The number of hydrogen-bond acceptors (Lipinski definition) is 4. The number of alkyl halides is 3. The number of H-pyrrole nitrogens is 1. The number of aromatic amines is 1. The number of piperidine rings is 1. The van der Waals surface area contributed by atoms with Crippen LogP contribution in [-0.2, 0) is 13.2 Å². The average molecular weight is 468 g/mol. The second-order valence-corrected chi connectivity index (χ2v) is 8.32. The van der Waals surface area contributed by atoms with Gasteiger partial charge in [0.25, 0.3) is 0 Å². The first-order valence-electron chi connectivity index (χ1n) is 10.7. The molecule has 34 heavy (non-hydrogen) atoms. The number of fused-ring (bicyclic) bond motifs is 1. The van der Waals surface area contributed by atoms with Crippen LogP contribution in [0.5, 0.6) is 0 Å². The minimum atomic E-state index is -4.77. The first-order chi connectivity index (χ1) is 16.3. The van der Waals surface area contributed by atoms with Crippen molar-refractivity contribution < 1.29 is 17.6 Å². The fourth-order valence-electron chi connectivity index (χ4n) is 4.55. The summed E-state index contributed by atoms with van der Waals surface area (Å²) < 4.78 is 54.9. The lowest BCUT2D eigenvalue weighted by atomic mass is 9.95. The van der Waals surface area contributed by atoms with Gasteiger partial charge in [-0.3, -0.25) is 0 Å². The summed E-state index contributed by atoms with van der Waals surface area (Å²) in [4.78, 5) is 18.6. The van der Waals surface area contributed by atoms with Gasteiger partial charge >= 0.3 is 6.18 Å². The largest absolute Gasteiger partial charge is 0.419 e. The Bertz CT molecular complexity index is 1400. The molecule has 1 saturated heterocycles. The van der Waals surface area contributed by atoms with E-state index in [1.807, 2.05) is 11.6 Å². The zero-order valence-electron chi connectivity index (χ0n) is 18.2. The second kappa shape index (κ2) is 8.17. The van der Waals surface area contributed by atoms with Gasteiger partial charge in [0.2, 0.25) is 0 Å². The van der Waals surface area contributed by atoms with E-state index in [-0.39, 0.29) is 11.5 Å². The molecule has 10 heteroatoms. The first-order valence-corrected chi connectivity index (χ1v) is 10.7. The van der Waals surface area contributed by atoms with Crippen LogP contribution in [0, 0.1) is 18.2 Å². The van der Waals surface area contributed by atoms with E-state index in [2.05, 4.69) is 30.8 Å². The summed E-state index contributed by atoms with van der Waals surface area (Å²) in [5, 5.41) is 0.819. The molecule has 5 rings (SSSR count). The Labute approximate surface area is 192 Å². The van der Waals surface area contributed by atoms with Gasteiger partial charge in [-0.25, -0.2) is 19.3 Å². The Morgan fingerprint density at radius 2 is 1.94 bits per heavy atom. The van der Waals surface area contributed by atoms with E-state index in [1.54, 1.807) is 12.4 Å². The highest BCUT2D eigenvalue weighted by molar-refractivity contribution is 5.93. The van der Waals surface area contributed by atoms with E-state index < -0.39 is 17.6 Å². The molecule has 0 amide bonds. The van der Waals surface area contributed by atoms with Gasteiger partial charge in [-0.05, 0) is 31.0 Å². The molecule has 0 saturated carbocycles. The van der Waals surface area contributed by atoms with E-state index in [0.717, 1.165) is 42.0 Å². The van der Waals surface area contributed by atoms with Crippen LogP contribution >= 0.6 is 0 Å². The molecule has 1 aromatic carbocycles. The predicted octanol–water partition coefficient (Wildman–Crippen LogP) is 4.88. The van der Waals surface area contributed by atoms with Crippen LogP contribution in [0.25, 0.3) is 22.3 Å². The Hall–Kier alpha value is -3.87. The Balaban J connectivity index is 1.37. The molecule has 1 fully saturated rings. The summed E-state index contributed by atoms with van der Waals surface area (Å²) >= 11 is 0. The molecular weight excluding hydrogens is 448 g/mol. The number of rotatable bonds is 3. The maximum Gasteiger partial charge on any atom is 0.419 e. The number of nitrogens with one attached hydrogen (secondary N) is 1. The van der Waals surface area contributed by atoms with Crippen molar-refractivity contribution in [2.24, 2.45) is 7.05 Å². The van der Waals surface area contributed by atoms with Crippen LogP contribution in [0.1, 0.15) is 35.7 Å². The Kier molecular flexibility index (Phi) is 5.27. The number of hydrogen-bond donors (Lipinski definition) is 1. The highest BCUT2D eigenvalue weighted by atomic mass is 19.4. The molecule has 1 aliphatic rings. The highest BCUT2D eigenvalue weighted by Crippen LogP contribution is 2.36. The lowest BCUT2D eigenvalue weighted by Gasteiger charge is -2.32. The van der Waals surface area contributed by atoms with E-state index in [9.17, 15) is 17.6 Å². The standard InChI is InChI=1S/C24H20F4N6/c1-3-14-11-29-21-20(14)23(31-13-30-21)34-8-6-15(7-9-34)22-32-19(12-33(22)2)16-4-5-18(25)17(10-16)24(26,27)28/h1,4-5,10-13,15H,6-9H2,2H3,(H,29,30,31). The zero-order chi connectivity index (χ0) is 24.0. The summed E-state index contributed by atoms with van der Waals surface area (Å²) in [6.07, 6.45) is 7.35. The molecule has 6 nitrogen and oxygen atoms in total. The molecule has 0 bridgehead atoms. The third-order valence-electron chi connectivity index (χ3n) is 6.24. The molecule has 4 aromatic rings. The highest BCUT2D eigenvalue weighted by Gasteiger charge is 2.34. The Morgan fingerprint density at radius 3 is 2.65 bits per heavy atom. The van der Waals surface area contributed by atoms with Crippen molar-refractivity contribution in [3.63, 3.8) is 0 Å². The zero-order valence-corrected chi connectivity index (χ0v) is 18.2. The van der Waals surface area contributed by atoms with Crippen LogP contribution in [-0.4, -0.2) is 37.6 Å². The lowest BCUT2D eigenvalue weighted by Crippen LogP contribution is -2.34. The molecule has 0 spiro atoms. The van der Waals surface area contributed by atoms with Crippen LogP contribution in [0.15, 0.2) is 36.9 Å². The van der Waals surface area contributed by atoms with Gasteiger partial charge in [-0.1, -0.05) is 5.92 Å². The van der Waals surface area contributed by atoms with Crippen molar-refractivity contribution in [1.82, 2.24) is 24.5 Å². The molecule has 174 valence electrons. The van der Waals surface area contributed by atoms with Crippen LogP contribution in [0.4, 0.5) is 23.4 Å². The van der Waals surface area contributed by atoms with Crippen LogP contribution in [0.3, 0.4) is 0 Å². The molecule has 4 heterocycles. The number of nitrogens with zero attached hydrogens (tertiary/aromatic N) is 5. The Morgan fingerprint density at radius 1 is 1.18 bits per heavy atom. The third kappa shape index (κ3) is 3.77. The quantitative estimate of drug-likeness (QED) is 0.344. The van der Waals surface area contributed by atoms with Crippen molar-refractivity contribution in [2.45, 2.75) is 24.9 Å². The number of aryl methyl sites for hydroxylation is 1. The smallest absolute Gasteiger partial charge is 0.356 e. The van der Waals surface area contributed by atoms with E-state index in [0.29, 0.717) is 30.0 Å². The second-order valence-electron chi connectivity index (χ2n) is 8.32.